The Morgan fingerprint density at radius 3 is 1.96 bits per heavy atom. The number of carbonyl (C=O) groups is 1. The van der Waals surface area contributed by atoms with E-state index >= 15 is 0 Å². The van der Waals surface area contributed by atoms with Crippen LogP contribution >= 0.6 is 0 Å². The molecule has 6 heteroatoms. The Balaban J connectivity index is 2.17. The molecular formula is C20H32O5S. The smallest absolute Gasteiger partial charge is 0.297 e. The van der Waals surface area contributed by atoms with E-state index in [2.05, 4.69) is 6.92 Å². The van der Waals surface area contributed by atoms with Gasteiger partial charge in [-0.1, -0.05) is 58.3 Å². The highest BCUT2D eigenvalue weighted by molar-refractivity contribution is 7.86. The van der Waals surface area contributed by atoms with Crippen LogP contribution < -0.4 is 4.74 Å². The maximum absolute atomic E-state index is 12.0. The lowest BCUT2D eigenvalue weighted by molar-refractivity contribution is -0.121. The van der Waals surface area contributed by atoms with Crippen molar-refractivity contribution in [1.82, 2.24) is 0 Å². The van der Waals surface area contributed by atoms with Gasteiger partial charge in [0.2, 0.25) is 0 Å². The topological polar surface area (TPSA) is 69.7 Å². The minimum Gasteiger partial charge on any atom is -0.497 e. The first-order valence-corrected chi connectivity index (χ1v) is 11.0. The molecule has 0 heterocycles. The number of ether oxygens (including phenoxy) is 1. The quantitative estimate of drug-likeness (QED) is 0.318. The molecular weight excluding hydrogens is 352 g/mol. The van der Waals surface area contributed by atoms with Crippen molar-refractivity contribution >= 4 is 15.9 Å². The van der Waals surface area contributed by atoms with E-state index in [4.69, 9.17) is 8.92 Å². The lowest BCUT2D eigenvalue weighted by atomic mass is 10.1. The molecule has 0 unspecified atom stereocenters. The Morgan fingerprint density at radius 1 is 0.885 bits per heavy atom. The molecule has 0 spiro atoms. The Labute approximate surface area is 158 Å². The number of ketones is 1. The minimum atomic E-state index is -3.91. The van der Waals surface area contributed by atoms with Crippen molar-refractivity contribution in [3.8, 4) is 5.75 Å². The van der Waals surface area contributed by atoms with Gasteiger partial charge in [-0.2, -0.15) is 8.42 Å². The second-order valence-corrected chi connectivity index (χ2v) is 8.12. The van der Waals surface area contributed by atoms with E-state index in [1.165, 1.54) is 57.8 Å². The van der Waals surface area contributed by atoms with E-state index in [9.17, 15) is 13.2 Å². The number of rotatable bonds is 15. The zero-order valence-corrected chi connectivity index (χ0v) is 16.9. The molecule has 26 heavy (non-hydrogen) atoms. The summed E-state index contributed by atoms with van der Waals surface area (Å²) in [5, 5.41) is 0. The molecule has 1 aromatic carbocycles. The van der Waals surface area contributed by atoms with Gasteiger partial charge in [0.05, 0.1) is 12.0 Å². The molecule has 0 aliphatic rings. The Kier molecular flexibility index (Phi) is 11.2. The second kappa shape index (κ2) is 12.9. The van der Waals surface area contributed by atoms with Crippen LogP contribution in [0.15, 0.2) is 29.2 Å². The SMILES string of the molecule is CCCCCCCCCCCC(=O)COS(=O)(=O)c1ccc(OC)cc1. The summed E-state index contributed by atoms with van der Waals surface area (Å²) in [6.07, 6.45) is 10.9. The fourth-order valence-electron chi connectivity index (χ4n) is 2.66. The monoisotopic (exact) mass is 384 g/mol. The molecule has 0 aliphatic heterocycles. The minimum absolute atomic E-state index is 0.0224. The third-order valence-electron chi connectivity index (χ3n) is 4.28. The lowest BCUT2D eigenvalue weighted by Crippen LogP contribution is -2.14. The van der Waals surface area contributed by atoms with Gasteiger partial charge in [-0.25, -0.2) is 0 Å². The van der Waals surface area contributed by atoms with Crippen molar-refractivity contribution in [2.24, 2.45) is 0 Å². The van der Waals surface area contributed by atoms with Crippen LogP contribution in [0.1, 0.15) is 71.1 Å². The number of hydrogen-bond donors (Lipinski definition) is 0. The van der Waals surface area contributed by atoms with Gasteiger partial charge in [-0.05, 0) is 30.7 Å². The van der Waals surface area contributed by atoms with Crippen LogP contribution in [-0.2, 0) is 19.1 Å². The molecule has 0 N–H and O–H groups in total. The third-order valence-corrected chi connectivity index (χ3v) is 5.56. The summed E-state index contributed by atoms with van der Waals surface area (Å²) in [6, 6.07) is 5.89. The van der Waals surface area contributed by atoms with Crippen molar-refractivity contribution in [2.75, 3.05) is 13.7 Å². The Bertz CT molecular complexity index is 608. The van der Waals surface area contributed by atoms with Gasteiger partial charge in [-0.15, -0.1) is 0 Å². The average Bonchev–Trinajstić information content (AvgIpc) is 2.65. The van der Waals surface area contributed by atoms with Crippen LogP contribution in [0.25, 0.3) is 0 Å². The van der Waals surface area contributed by atoms with E-state index in [1.807, 2.05) is 0 Å². The molecule has 148 valence electrons. The van der Waals surface area contributed by atoms with E-state index in [-0.39, 0.29) is 10.7 Å². The first-order valence-electron chi connectivity index (χ1n) is 9.54. The van der Waals surface area contributed by atoms with Gasteiger partial charge >= 0.3 is 0 Å². The molecule has 0 atom stereocenters. The molecule has 5 nitrogen and oxygen atoms in total. The zero-order valence-electron chi connectivity index (χ0n) is 16.0. The molecule has 0 aromatic heterocycles. The van der Waals surface area contributed by atoms with Crippen LogP contribution in [0.5, 0.6) is 5.75 Å². The van der Waals surface area contributed by atoms with Crippen molar-refractivity contribution in [3.05, 3.63) is 24.3 Å². The molecule has 1 rings (SSSR count). The van der Waals surface area contributed by atoms with Gasteiger partial charge in [0.25, 0.3) is 10.1 Å². The number of benzene rings is 1. The Hall–Kier alpha value is -1.40. The number of carbonyl (C=O) groups excluding carboxylic acids is 1. The van der Waals surface area contributed by atoms with Crippen molar-refractivity contribution in [3.63, 3.8) is 0 Å². The summed E-state index contributed by atoms with van der Waals surface area (Å²) in [6.45, 7) is 1.81. The number of Topliss-reactive ketones (excluding diaryl/α,β-unsaturated/α-hetero) is 1. The van der Waals surface area contributed by atoms with Crippen LogP contribution in [0, 0.1) is 0 Å². The van der Waals surface area contributed by atoms with Crippen LogP contribution in [-0.4, -0.2) is 27.9 Å². The second-order valence-electron chi connectivity index (χ2n) is 6.51. The fourth-order valence-corrected chi connectivity index (χ4v) is 3.55. The summed E-state index contributed by atoms with van der Waals surface area (Å²) in [4.78, 5) is 11.8. The maximum Gasteiger partial charge on any atom is 0.297 e. The molecule has 0 aliphatic carbocycles. The Morgan fingerprint density at radius 2 is 1.42 bits per heavy atom. The predicted octanol–water partition coefficient (Wildman–Crippen LogP) is 4.89. The normalized spacial score (nSPS) is 11.5. The van der Waals surface area contributed by atoms with Crippen molar-refractivity contribution in [2.45, 2.75) is 76.0 Å². The maximum atomic E-state index is 12.0. The number of methoxy groups -OCH3 is 1. The molecule has 0 fully saturated rings. The number of unbranched alkanes of at least 4 members (excludes halogenated alkanes) is 8. The van der Waals surface area contributed by atoms with Gasteiger partial charge < -0.3 is 4.74 Å². The van der Waals surface area contributed by atoms with Gasteiger partial charge in [0.1, 0.15) is 12.4 Å². The summed E-state index contributed by atoms with van der Waals surface area (Å²) in [7, 11) is -2.40. The molecule has 0 saturated heterocycles. The summed E-state index contributed by atoms with van der Waals surface area (Å²) in [5.41, 5.74) is 0. The predicted molar refractivity (Wildman–Crippen MR) is 103 cm³/mol. The van der Waals surface area contributed by atoms with Gasteiger partial charge in [0, 0.05) is 6.42 Å². The van der Waals surface area contributed by atoms with Crippen LogP contribution in [0.3, 0.4) is 0 Å². The molecule has 0 amide bonds. The van der Waals surface area contributed by atoms with Crippen LogP contribution in [0.2, 0.25) is 0 Å². The molecule has 0 bridgehead atoms. The van der Waals surface area contributed by atoms with E-state index < -0.39 is 16.7 Å². The van der Waals surface area contributed by atoms with Crippen molar-refractivity contribution < 1.29 is 22.1 Å². The van der Waals surface area contributed by atoms with Gasteiger partial charge in [0.15, 0.2) is 5.78 Å². The summed E-state index contributed by atoms with van der Waals surface area (Å²) < 4.78 is 33.9. The van der Waals surface area contributed by atoms with E-state index in [1.54, 1.807) is 12.1 Å². The lowest BCUT2D eigenvalue weighted by Gasteiger charge is -2.06. The largest absolute Gasteiger partial charge is 0.497 e. The van der Waals surface area contributed by atoms with Gasteiger partial charge in [-0.3, -0.25) is 8.98 Å². The highest BCUT2D eigenvalue weighted by Crippen LogP contribution is 2.17. The van der Waals surface area contributed by atoms with Crippen molar-refractivity contribution in [1.29, 1.82) is 0 Å². The highest BCUT2D eigenvalue weighted by atomic mass is 32.2. The average molecular weight is 385 g/mol. The number of hydrogen-bond acceptors (Lipinski definition) is 5. The molecule has 1 aromatic rings. The molecule has 0 saturated carbocycles. The first kappa shape index (κ1) is 22.6. The third kappa shape index (κ3) is 9.34. The van der Waals surface area contributed by atoms with E-state index in [0.29, 0.717) is 12.2 Å². The standard InChI is InChI=1S/C20H32O5S/c1-3-4-5-6-7-8-9-10-11-12-18(21)17-25-26(22,23)20-15-13-19(24-2)14-16-20/h13-16H,3-12,17H2,1-2H3. The summed E-state index contributed by atoms with van der Waals surface area (Å²) in [5.74, 6) is 0.385. The first-order chi connectivity index (χ1) is 12.5. The summed E-state index contributed by atoms with van der Waals surface area (Å²) >= 11 is 0. The highest BCUT2D eigenvalue weighted by Gasteiger charge is 2.17. The fraction of sp³-hybridized carbons (Fsp3) is 0.650. The zero-order chi connectivity index (χ0) is 19.3. The molecule has 0 radical (unpaired) electrons. The van der Waals surface area contributed by atoms with Crippen LogP contribution in [0.4, 0.5) is 0 Å². The van der Waals surface area contributed by atoms with E-state index in [0.717, 1.165) is 19.3 Å².